The Morgan fingerprint density at radius 3 is 1.82 bits per heavy atom. The molecule has 0 bridgehead atoms. The van der Waals surface area contributed by atoms with E-state index in [2.05, 4.69) is 128 Å². The number of para-hydroxylation sites is 1. The van der Waals surface area contributed by atoms with Crippen LogP contribution in [-0.4, -0.2) is 18.8 Å². The summed E-state index contributed by atoms with van der Waals surface area (Å²) >= 11 is 0. The number of aromatic nitrogens is 4. The van der Waals surface area contributed by atoms with Crippen LogP contribution in [0.25, 0.3) is 98.8 Å². The fourth-order valence-corrected chi connectivity index (χ4v) is 9.55. The monoisotopic (exact) mass is 1070 g/mol. The summed E-state index contributed by atoms with van der Waals surface area (Å²) in [5, 5.41) is 5.55. The Balaban J connectivity index is 0.000000288. The molecule has 12 aromatic rings. The van der Waals surface area contributed by atoms with Crippen molar-refractivity contribution in [3.63, 3.8) is 0 Å². The summed E-state index contributed by atoms with van der Waals surface area (Å²) in [5.74, 6) is -0.275. The zero-order valence-electron chi connectivity index (χ0n) is 39.1. The first kappa shape index (κ1) is 44.7. The average molecular weight is 1070 g/mol. The van der Waals surface area contributed by atoms with Crippen molar-refractivity contribution in [1.82, 2.24) is 18.8 Å². The molecule has 0 N–H and O–H groups in total. The minimum Gasteiger partial charge on any atom is -0.333 e. The molecule has 6 nitrogen and oxygen atoms in total. The second kappa shape index (κ2) is 16.3. The van der Waals surface area contributed by atoms with E-state index in [0.717, 1.165) is 88.5 Å². The van der Waals surface area contributed by atoms with E-state index in [1.165, 1.54) is 17.7 Å². The van der Waals surface area contributed by atoms with Gasteiger partial charge in [-0.2, -0.15) is 0 Å². The van der Waals surface area contributed by atoms with Crippen LogP contribution < -0.4 is 10.9 Å². The van der Waals surface area contributed by atoms with Gasteiger partial charge < -0.3 is 13.8 Å². The third-order valence-corrected chi connectivity index (χ3v) is 13.4. The van der Waals surface area contributed by atoms with Gasteiger partial charge in [-0.15, -0.1) is 59.5 Å². The molecule has 0 aliphatic heterocycles. The van der Waals surface area contributed by atoms with Gasteiger partial charge in [-0.25, -0.2) is 0 Å². The molecule has 337 valence electrons. The first-order chi connectivity index (χ1) is 32.0. The molecule has 5 heterocycles. The van der Waals surface area contributed by atoms with Crippen molar-refractivity contribution in [2.75, 3.05) is 0 Å². The van der Waals surface area contributed by atoms with Crippen molar-refractivity contribution in [2.45, 2.75) is 66.2 Å². The quantitative estimate of drug-likeness (QED) is 0.0983. The fourth-order valence-electron chi connectivity index (χ4n) is 9.55. The van der Waals surface area contributed by atoms with E-state index < -0.39 is 0 Å². The van der Waals surface area contributed by atoms with Crippen LogP contribution in [0.3, 0.4) is 0 Å². The molecule has 0 unspecified atom stereocenters. The van der Waals surface area contributed by atoms with Crippen LogP contribution >= 0.6 is 0 Å². The van der Waals surface area contributed by atoms with Gasteiger partial charge in [0, 0.05) is 59.2 Å². The Labute approximate surface area is 406 Å². The van der Waals surface area contributed by atoms with E-state index in [4.69, 9.17) is 4.98 Å². The standard InChI is InChI=1S/C47H36N3O2.C13H11FN.Ir/c1-46(2,3)28-16-18-33-39(24-28)49-40-25-29(47(4,5)6)17-19-34(40)44(52)36-22-27(21-35(42(36)49)43(33)51)26-15-20-37-41(23-26)50-38-14-10-9-12-31(38)30-11-7-8-13-32(30)45(50)48-37;1-9-7-13(15-8-10(9)2)11-3-5-12(14)6-4-11;/h7-12,14-25H,1-6H3;3,5-8H,1-2H3;/q2*-1;. The van der Waals surface area contributed by atoms with Crippen molar-refractivity contribution in [1.29, 1.82) is 0 Å². The smallest absolute Gasteiger partial charge is 0.197 e. The van der Waals surface area contributed by atoms with E-state index in [1.54, 1.807) is 6.07 Å². The van der Waals surface area contributed by atoms with Gasteiger partial charge in [0.1, 0.15) is 0 Å². The predicted octanol–water partition coefficient (Wildman–Crippen LogP) is 14.0. The second-order valence-corrected chi connectivity index (χ2v) is 19.9. The minimum atomic E-state index is -0.275. The zero-order valence-corrected chi connectivity index (χ0v) is 41.5. The number of fused-ring (bicyclic) bond motifs is 12. The number of pyridine rings is 4. The first-order valence-electron chi connectivity index (χ1n) is 22.7. The van der Waals surface area contributed by atoms with Crippen LogP contribution in [0.15, 0.2) is 149 Å². The van der Waals surface area contributed by atoms with Gasteiger partial charge >= 0.3 is 0 Å². The molecule has 0 aliphatic rings. The number of nitrogens with zero attached hydrogens (tertiary/aromatic N) is 4. The molecule has 68 heavy (non-hydrogen) atoms. The Morgan fingerprint density at radius 2 is 1.21 bits per heavy atom. The third kappa shape index (κ3) is 7.26. The van der Waals surface area contributed by atoms with Crippen molar-refractivity contribution in [2.24, 2.45) is 0 Å². The zero-order chi connectivity index (χ0) is 46.7. The van der Waals surface area contributed by atoms with Gasteiger partial charge in [-0.05, 0) is 118 Å². The van der Waals surface area contributed by atoms with Crippen LogP contribution in [0.5, 0.6) is 0 Å². The Kier molecular flexibility index (Phi) is 10.7. The molecule has 0 spiro atoms. The topological polar surface area (TPSA) is 68.7 Å². The van der Waals surface area contributed by atoms with E-state index >= 15 is 0 Å². The molecular formula is C60H47FIrN4O2-2. The molecular weight excluding hydrogens is 1020 g/mol. The van der Waals surface area contributed by atoms with E-state index in [-0.39, 0.29) is 47.6 Å². The predicted molar refractivity (Wildman–Crippen MR) is 275 cm³/mol. The summed E-state index contributed by atoms with van der Waals surface area (Å²) < 4.78 is 17.1. The van der Waals surface area contributed by atoms with Crippen molar-refractivity contribution in [3.8, 4) is 22.4 Å². The number of imidazole rings is 1. The van der Waals surface area contributed by atoms with Crippen molar-refractivity contribution < 1.29 is 24.5 Å². The van der Waals surface area contributed by atoms with Crippen LogP contribution in [0.4, 0.5) is 4.39 Å². The summed E-state index contributed by atoms with van der Waals surface area (Å²) in [4.78, 5) is 38.6. The average Bonchev–Trinajstić information content (AvgIpc) is 3.71. The summed E-state index contributed by atoms with van der Waals surface area (Å²) in [7, 11) is 0. The Hall–Kier alpha value is -7.12. The Bertz CT molecular complexity index is 4020. The number of aryl methyl sites for hydroxylation is 2. The normalized spacial score (nSPS) is 12.2. The van der Waals surface area contributed by atoms with Gasteiger partial charge in [0.25, 0.3) is 0 Å². The molecule has 0 fully saturated rings. The van der Waals surface area contributed by atoms with Gasteiger partial charge in [0.15, 0.2) is 10.9 Å². The van der Waals surface area contributed by atoms with Crippen LogP contribution in [0, 0.1) is 31.8 Å². The number of hydrogen-bond donors (Lipinski definition) is 0. The van der Waals surface area contributed by atoms with Crippen molar-refractivity contribution in [3.05, 3.63) is 200 Å². The van der Waals surface area contributed by atoms with Crippen LogP contribution in [0.1, 0.15) is 63.8 Å². The second-order valence-electron chi connectivity index (χ2n) is 19.9. The van der Waals surface area contributed by atoms with Crippen LogP contribution in [0.2, 0.25) is 0 Å². The molecule has 1 radical (unpaired) electrons. The maximum Gasteiger partial charge on any atom is 0.197 e. The fraction of sp³-hybridized carbons (Fsp3) is 0.167. The number of rotatable bonds is 2. The molecule has 0 amide bonds. The molecule has 0 saturated carbocycles. The molecule has 8 heteroatoms. The van der Waals surface area contributed by atoms with Gasteiger partial charge in [-0.3, -0.25) is 19.0 Å². The summed E-state index contributed by atoms with van der Waals surface area (Å²) in [6.07, 6.45) is 1.82. The third-order valence-electron chi connectivity index (χ3n) is 13.4. The van der Waals surface area contributed by atoms with E-state index in [9.17, 15) is 14.0 Å². The number of benzene rings is 7. The van der Waals surface area contributed by atoms with Crippen molar-refractivity contribution >= 4 is 76.5 Å². The summed E-state index contributed by atoms with van der Waals surface area (Å²) in [6, 6.07) is 49.7. The largest absolute Gasteiger partial charge is 0.333 e. The number of halogens is 1. The number of hydrogen-bond acceptors (Lipinski definition) is 4. The van der Waals surface area contributed by atoms with E-state index in [1.807, 2.05) is 74.6 Å². The molecule has 5 aromatic heterocycles. The Morgan fingerprint density at radius 1 is 0.559 bits per heavy atom. The van der Waals surface area contributed by atoms with Crippen LogP contribution in [-0.2, 0) is 30.9 Å². The molecule has 0 saturated heterocycles. The molecule has 0 aliphatic carbocycles. The van der Waals surface area contributed by atoms with Gasteiger partial charge in [0.2, 0.25) is 0 Å². The SMILES string of the molecule is CC(C)(C)c1ccc2c(=O)c3cc(-c4ccc5nc6c7[c-]cccc7c7ccccc7n6c5c4)cc4c(=O)c5ccc(C(C)(C)C)cc5n(c2c1)c34.Cc1cnc(-c2[c-]cc(F)cc2)cc1C.[Ir]. The first-order valence-corrected chi connectivity index (χ1v) is 22.7. The summed E-state index contributed by atoms with van der Waals surface area (Å²) in [5.41, 5.74) is 13.6. The molecule has 0 atom stereocenters. The molecule has 7 aromatic carbocycles. The maximum absolute atomic E-state index is 14.6. The summed E-state index contributed by atoms with van der Waals surface area (Å²) in [6.45, 7) is 17.1. The van der Waals surface area contributed by atoms with E-state index in [0.29, 0.717) is 27.1 Å². The van der Waals surface area contributed by atoms with Gasteiger partial charge in [-0.1, -0.05) is 95.0 Å². The maximum atomic E-state index is 14.6. The molecule has 12 rings (SSSR count). The van der Waals surface area contributed by atoms with Gasteiger partial charge in [0.05, 0.1) is 33.2 Å². The minimum absolute atomic E-state index is 0.